The number of aliphatic hydroxyl groups is 1. The van der Waals surface area contributed by atoms with Gasteiger partial charge in [-0.25, -0.2) is 0 Å². The van der Waals surface area contributed by atoms with Gasteiger partial charge in [0.1, 0.15) is 0 Å². The van der Waals surface area contributed by atoms with E-state index in [2.05, 4.69) is 43.0 Å². The van der Waals surface area contributed by atoms with E-state index < -0.39 is 0 Å². The van der Waals surface area contributed by atoms with E-state index in [-0.39, 0.29) is 6.10 Å². The molecule has 1 aliphatic rings. The molecular weight excluding hydrogens is 210 g/mol. The number of aliphatic hydroxyl groups excluding tert-OH is 1. The minimum absolute atomic E-state index is 0.0672. The summed E-state index contributed by atoms with van der Waals surface area (Å²) >= 11 is 0. The van der Waals surface area contributed by atoms with Crippen molar-refractivity contribution in [2.45, 2.75) is 51.7 Å². The molecule has 1 aromatic rings. The first-order chi connectivity index (χ1) is 8.20. The fourth-order valence-electron chi connectivity index (χ4n) is 2.83. The lowest BCUT2D eigenvalue weighted by molar-refractivity contribution is 0.122. The summed E-state index contributed by atoms with van der Waals surface area (Å²) in [5.41, 5.74) is 2.64. The predicted molar refractivity (Wildman–Crippen MR) is 72.5 cm³/mol. The molecule has 1 N–H and O–H groups in total. The summed E-state index contributed by atoms with van der Waals surface area (Å²) in [6, 6.07) is 9.33. The maximum absolute atomic E-state index is 9.58. The monoisotopic (exact) mass is 233 g/mol. The van der Waals surface area contributed by atoms with Crippen molar-refractivity contribution in [3.8, 4) is 0 Å². The van der Waals surface area contributed by atoms with E-state index >= 15 is 0 Å². The predicted octanol–water partition coefficient (Wildman–Crippen LogP) is 3.12. The van der Waals surface area contributed by atoms with Crippen LogP contribution in [-0.4, -0.2) is 23.8 Å². The van der Waals surface area contributed by atoms with Gasteiger partial charge in [-0.3, -0.25) is 0 Å². The molecule has 0 amide bonds. The number of benzene rings is 1. The molecule has 0 bridgehead atoms. The summed E-state index contributed by atoms with van der Waals surface area (Å²) < 4.78 is 0. The summed E-state index contributed by atoms with van der Waals surface area (Å²) in [7, 11) is 0. The lowest BCUT2D eigenvalue weighted by Crippen LogP contribution is -2.39. The number of hydrogen-bond donors (Lipinski definition) is 1. The molecule has 2 nitrogen and oxygen atoms in total. The van der Waals surface area contributed by atoms with Crippen molar-refractivity contribution in [1.29, 1.82) is 0 Å². The van der Waals surface area contributed by atoms with E-state index in [1.165, 1.54) is 11.3 Å². The van der Waals surface area contributed by atoms with Crippen LogP contribution in [0.2, 0.25) is 0 Å². The van der Waals surface area contributed by atoms with Gasteiger partial charge in [0.15, 0.2) is 0 Å². The minimum Gasteiger partial charge on any atom is -0.393 e. The number of aryl methyl sites for hydroxylation is 1. The Balaban J connectivity index is 2.10. The average molecular weight is 233 g/mol. The van der Waals surface area contributed by atoms with Crippen LogP contribution in [0.25, 0.3) is 0 Å². The lowest BCUT2D eigenvalue weighted by atomic mass is 9.91. The second-order valence-corrected chi connectivity index (χ2v) is 5.09. The van der Waals surface area contributed by atoms with Gasteiger partial charge in [0.2, 0.25) is 0 Å². The van der Waals surface area contributed by atoms with Gasteiger partial charge >= 0.3 is 0 Å². The van der Waals surface area contributed by atoms with Crippen LogP contribution in [-0.2, 0) is 0 Å². The van der Waals surface area contributed by atoms with Crippen LogP contribution in [0.1, 0.15) is 38.2 Å². The third-order valence-corrected chi connectivity index (χ3v) is 3.78. The van der Waals surface area contributed by atoms with Crippen LogP contribution < -0.4 is 4.90 Å². The van der Waals surface area contributed by atoms with Crippen LogP contribution in [0.5, 0.6) is 0 Å². The maximum Gasteiger partial charge on any atom is 0.0541 e. The third kappa shape index (κ3) is 3.01. The van der Waals surface area contributed by atoms with Gasteiger partial charge in [-0.15, -0.1) is 0 Å². The first kappa shape index (κ1) is 12.4. The third-order valence-electron chi connectivity index (χ3n) is 3.78. The maximum atomic E-state index is 9.58. The summed E-state index contributed by atoms with van der Waals surface area (Å²) in [6.45, 7) is 5.40. The fraction of sp³-hybridized carbons (Fsp3) is 0.600. The van der Waals surface area contributed by atoms with Crippen molar-refractivity contribution < 1.29 is 5.11 Å². The highest BCUT2D eigenvalue weighted by atomic mass is 16.3. The zero-order chi connectivity index (χ0) is 12.3. The van der Waals surface area contributed by atoms with E-state index in [9.17, 15) is 5.11 Å². The van der Waals surface area contributed by atoms with Crippen LogP contribution in [0.15, 0.2) is 24.3 Å². The molecule has 1 fully saturated rings. The van der Waals surface area contributed by atoms with Crippen LogP contribution in [0.3, 0.4) is 0 Å². The van der Waals surface area contributed by atoms with Crippen LogP contribution >= 0.6 is 0 Å². The van der Waals surface area contributed by atoms with Crippen LogP contribution in [0.4, 0.5) is 5.69 Å². The van der Waals surface area contributed by atoms with Gasteiger partial charge in [0.05, 0.1) is 6.10 Å². The molecule has 94 valence electrons. The van der Waals surface area contributed by atoms with Gasteiger partial charge in [-0.2, -0.15) is 0 Å². The molecule has 0 aliphatic heterocycles. The largest absolute Gasteiger partial charge is 0.393 e. The summed E-state index contributed by atoms with van der Waals surface area (Å²) in [6.07, 6.45) is 4.06. The lowest BCUT2D eigenvalue weighted by Gasteiger charge is -2.37. The molecule has 0 radical (unpaired) electrons. The second-order valence-electron chi connectivity index (χ2n) is 5.09. The molecule has 0 atom stereocenters. The summed E-state index contributed by atoms with van der Waals surface area (Å²) in [5.74, 6) is 0. The minimum atomic E-state index is -0.0672. The molecule has 17 heavy (non-hydrogen) atoms. The summed E-state index contributed by atoms with van der Waals surface area (Å²) in [5, 5.41) is 9.58. The fourth-order valence-corrected chi connectivity index (χ4v) is 2.83. The van der Waals surface area contributed by atoms with E-state index in [4.69, 9.17) is 0 Å². The SMILES string of the molecule is CCN(c1cccc(C)c1)C1CCC(O)CC1. The molecule has 1 saturated carbocycles. The Labute approximate surface area is 104 Å². The molecule has 1 aliphatic carbocycles. The number of rotatable bonds is 3. The molecule has 0 spiro atoms. The van der Waals surface area contributed by atoms with Gasteiger partial charge in [-0.05, 0) is 57.2 Å². The Bertz CT molecular complexity index is 356. The van der Waals surface area contributed by atoms with Gasteiger partial charge in [0.25, 0.3) is 0 Å². The zero-order valence-electron chi connectivity index (χ0n) is 10.9. The van der Waals surface area contributed by atoms with Crippen molar-refractivity contribution >= 4 is 5.69 Å². The first-order valence-electron chi connectivity index (χ1n) is 6.72. The Morgan fingerprint density at radius 1 is 1.24 bits per heavy atom. The Morgan fingerprint density at radius 3 is 2.53 bits per heavy atom. The van der Waals surface area contributed by atoms with Crippen molar-refractivity contribution in [2.75, 3.05) is 11.4 Å². The van der Waals surface area contributed by atoms with Crippen molar-refractivity contribution in [3.63, 3.8) is 0 Å². The van der Waals surface area contributed by atoms with Crippen molar-refractivity contribution in [2.24, 2.45) is 0 Å². The van der Waals surface area contributed by atoms with Crippen molar-refractivity contribution in [1.82, 2.24) is 0 Å². The Kier molecular flexibility index (Phi) is 4.06. The second kappa shape index (κ2) is 5.54. The Hall–Kier alpha value is -1.02. The van der Waals surface area contributed by atoms with Gasteiger partial charge < -0.3 is 10.0 Å². The van der Waals surface area contributed by atoms with E-state index in [1.54, 1.807) is 0 Å². The molecule has 0 heterocycles. The average Bonchev–Trinajstić information content (AvgIpc) is 2.33. The van der Waals surface area contributed by atoms with E-state index in [0.717, 1.165) is 32.2 Å². The molecule has 1 aromatic carbocycles. The molecule has 2 rings (SSSR count). The molecule has 0 unspecified atom stereocenters. The summed E-state index contributed by atoms with van der Waals surface area (Å²) in [4.78, 5) is 2.48. The van der Waals surface area contributed by atoms with Crippen LogP contribution in [0, 0.1) is 6.92 Å². The molecule has 0 saturated heterocycles. The van der Waals surface area contributed by atoms with Gasteiger partial charge in [0, 0.05) is 18.3 Å². The standard InChI is InChI=1S/C15H23NO/c1-3-16(13-7-9-15(17)10-8-13)14-6-4-5-12(2)11-14/h4-6,11,13,15,17H,3,7-10H2,1-2H3. The highest BCUT2D eigenvalue weighted by Gasteiger charge is 2.24. The first-order valence-corrected chi connectivity index (χ1v) is 6.72. The smallest absolute Gasteiger partial charge is 0.0541 e. The zero-order valence-corrected chi connectivity index (χ0v) is 10.9. The Morgan fingerprint density at radius 2 is 1.94 bits per heavy atom. The van der Waals surface area contributed by atoms with E-state index in [0.29, 0.717) is 6.04 Å². The highest BCUT2D eigenvalue weighted by Crippen LogP contribution is 2.27. The quantitative estimate of drug-likeness (QED) is 0.867. The normalized spacial score (nSPS) is 24.6. The molecular formula is C15H23NO. The molecule has 2 heteroatoms. The number of anilines is 1. The molecule has 0 aromatic heterocycles. The van der Waals surface area contributed by atoms with Crippen molar-refractivity contribution in [3.05, 3.63) is 29.8 Å². The van der Waals surface area contributed by atoms with Gasteiger partial charge in [-0.1, -0.05) is 12.1 Å². The topological polar surface area (TPSA) is 23.5 Å². The van der Waals surface area contributed by atoms with E-state index in [1.807, 2.05) is 0 Å². The number of nitrogens with zero attached hydrogens (tertiary/aromatic N) is 1. The highest BCUT2D eigenvalue weighted by molar-refractivity contribution is 5.49. The number of hydrogen-bond acceptors (Lipinski definition) is 2.